The summed E-state index contributed by atoms with van der Waals surface area (Å²) >= 11 is 0. The molecular formula is C13H17NO3. The summed E-state index contributed by atoms with van der Waals surface area (Å²) in [7, 11) is 0. The van der Waals surface area contributed by atoms with Crippen molar-refractivity contribution in [3.05, 3.63) is 29.3 Å². The summed E-state index contributed by atoms with van der Waals surface area (Å²) in [5.41, 5.74) is 7.61. The Morgan fingerprint density at radius 1 is 1.41 bits per heavy atom. The first-order valence-corrected chi connectivity index (χ1v) is 5.98. The van der Waals surface area contributed by atoms with E-state index in [-0.39, 0.29) is 12.0 Å². The lowest BCUT2D eigenvalue weighted by molar-refractivity contribution is -0.116. The molecule has 1 fully saturated rings. The Morgan fingerprint density at radius 3 is 2.88 bits per heavy atom. The van der Waals surface area contributed by atoms with Crippen molar-refractivity contribution in [2.45, 2.75) is 17.9 Å². The maximum absolute atomic E-state index is 10.1. The molecule has 0 spiro atoms. The number of hydrogen-bond acceptors (Lipinski definition) is 4. The van der Waals surface area contributed by atoms with Crippen molar-refractivity contribution in [1.82, 2.24) is 0 Å². The lowest BCUT2D eigenvalue weighted by Crippen LogP contribution is -2.57. The molecule has 1 unspecified atom stereocenters. The van der Waals surface area contributed by atoms with Gasteiger partial charge in [-0.3, -0.25) is 0 Å². The van der Waals surface area contributed by atoms with E-state index >= 15 is 0 Å². The fourth-order valence-corrected chi connectivity index (χ4v) is 2.60. The van der Waals surface area contributed by atoms with Crippen LogP contribution in [0.3, 0.4) is 0 Å². The Bertz CT molecular complexity index is 429. The molecule has 92 valence electrons. The van der Waals surface area contributed by atoms with Gasteiger partial charge in [0.15, 0.2) is 0 Å². The second kappa shape index (κ2) is 3.98. The molecule has 3 rings (SSSR count). The average Bonchev–Trinajstić information content (AvgIpc) is 2.74. The minimum absolute atomic E-state index is 0.261. The monoisotopic (exact) mass is 235 g/mol. The van der Waals surface area contributed by atoms with Crippen LogP contribution in [0.2, 0.25) is 0 Å². The van der Waals surface area contributed by atoms with Gasteiger partial charge in [-0.05, 0) is 17.2 Å². The number of hydrogen-bond donors (Lipinski definition) is 2. The molecule has 1 aromatic carbocycles. The maximum Gasteiger partial charge on any atom is 0.122 e. The molecule has 1 saturated heterocycles. The Morgan fingerprint density at radius 2 is 2.24 bits per heavy atom. The SMILES string of the molecule is NCC(O)C1(c2ccc3c(c2)CCO3)COC1. The van der Waals surface area contributed by atoms with Crippen LogP contribution in [0.5, 0.6) is 5.75 Å². The quantitative estimate of drug-likeness (QED) is 0.786. The summed E-state index contributed by atoms with van der Waals surface area (Å²) in [6.07, 6.45) is 0.398. The van der Waals surface area contributed by atoms with Crippen molar-refractivity contribution in [3.8, 4) is 5.75 Å². The molecule has 0 aromatic heterocycles. The summed E-state index contributed by atoms with van der Waals surface area (Å²) in [6, 6.07) is 6.14. The van der Waals surface area contributed by atoms with E-state index in [0.29, 0.717) is 13.2 Å². The molecule has 0 aliphatic carbocycles. The minimum atomic E-state index is -0.545. The van der Waals surface area contributed by atoms with E-state index in [2.05, 4.69) is 6.07 Å². The Kier molecular flexibility index (Phi) is 2.58. The van der Waals surface area contributed by atoms with E-state index in [9.17, 15) is 5.11 Å². The zero-order valence-corrected chi connectivity index (χ0v) is 9.69. The third-order valence-corrected chi connectivity index (χ3v) is 3.84. The van der Waals surface area contributed by atoms with Crippen LogP contribution in [0, 0.1) is 0 Å². The molecule has 0 saturated carbocycles. The van der Waals surface area contributed by atoms with E-state index in [1.165, 1.54) is 5.56 Å². The van der Waals surface area contributed by atoms with Crippen LogP contribution in [0.1, 0.15) is 11.1 Å². The number of aliphatic hydroxyl groups is 1. The zero-order valence-electron chi connectivity index (χ0n) is 9.69. The summed E-state index contributed by atoms with van der Waals surface area (Å²) in [5.74, 6) is 0.964. The fourth-order valence-electron chi connectivity index (χ4n) is 2.60. The summed E-state index contributed by atoms with van der Waals surface area (Å²) in [5, 5.41) is 10.1. The molecule has 2 aliphatic heterocycles. The number of nitrogens with two attached hydrogens (primary N) is 1. The van der Waals surface area contributed by atoms with Gasteiger partial charge < -0.3 is 20.3 Å². The number of fused-ring (bicyclic) bond motifs is 1. The molecule has 4 heteroatoms. The molecule has 1 atom stereocenters. The predicted molar refractivity (Wildman–Crippen MR) is 63.2 cm³/mol. The van der Waals surface area contributed by atoms with Gasteiger partial charge in [0, 0.05) is 13.0 Å². The van der Waals surface area contributed by atoms with Crippen LogP contribution in [0.25, 0.3) is 0 Å². The topological polar surface area (TPSA) is 64.7 Å². The third kappa shape index (κ3) is 1.56. The molecule has 2 aliphatic rings. The molecule has 0 radical (unpaired) electrons. The number of ether oxygens (including phenoxy) is 2. The van der Waals surface area contributed by atoms with Gasteiger partial charge >= 0.3 is 0 Å². The molecular weight excluding hydrogens is 218 g/mol. The molecule has 2 heterocycles. The molecule has 17 heavy (non-hydrogen) atoms. The second-order valence-electron chi connectivity index (χ2n) is 4.82. The molecule has 0 bridgehead atoms. The van der Waals surface area contributed by atoms with Crippen LogP contribution in [0.15, 0.2) is 18.2 Å². The number of benzene rings is 1. The van der Waals surface area contributed by atoms with Gasteiger partial charge in [-0.1, -0.05) is 12.1 Å². The fraction of sp³-hybridized carbons (Fsp3) is 0.538. The summed E-state index contributed by atoms with van der Waals surface area (Å²) in [4.78, 5) is 0. The Balaban J connectivity index is 1.97. The highest BCUT2D eigenvalue weighted by atomic mass is 16.5. The van der Waals surface area contributed by atoms with Gasteiger partial charge in [0.1, 0.15) is 5.75 Å². The standard InChI is InChI=1S/C13H17NO3/c14-6-12(15)13(7-16-8-13)10-1-2-11-9(5-10)3-4-17-11/h1-2,5,12,15H,3-4,6-8,14H2. The van der Waals surface area contributed by atoms with Gasteiger partial charge in [0.2, 0.25) is 0 Å². The Hall–Kier alpha value is -1.10. The van der Waals surface area contributed by atoms with Gasteiger partial charge in [-0.25, -0.2) is 0 Å². The van der Waals surface area contributed by atoms with E-state index in [1.807, 2.05) is 12.1 Å². The van der Waals surface area contributed by atoms with Crippen molar-refractivity contribution in [1.29, 1.82) is 0 Å². The van der Waals surface area contributed by atoms with Crippen molar-refractivity contribution in [2.75, 3.05) is 26.4 Å². The van der Waals surface area contributed by atoms with Crippen molar-refractivity contribution < 1.29 is 14.6 Å². The summed E-state index contributed by atoms with van der Waals surface area (Å²) < 4.78 is 10.8. The van der Waals surface area contributed by atoms with Crippen LogP contribution in [0.4, 0.5) is 0 Å². The molecule has 3 N–H and O–H groups in total. The number of aliphatic hydroxyl groups excluding tert-OH is 1. The van der Waals surface area contributed by atoms with Crippen molar-refractivity contribution in [3.63, 3.8) is 0 Å². The maximum atomic E-state index is 10.1. The zero-order chi connectivity index (χ0) is 11.9. The number of rotatable bonds is 3. The Labute approximate surface area is 100 Å². The molecule has 0 amide bonds. The van der Waals surface area contributed by atoms with Gasteiger partial charge in [0.05, 0.1) is 31.3 Å². The highest BCUT2D eigenvalue weighted by Crippen LogP contribution is 2.38. The third-order valence-electron chi connectivity index (χ3n) is 3.84. The minimum Gasteiger partial charge on any atom is -0.493 e. The van der Waals surface area contributed by atoms with Crippen LogP contribution in [-0.4, -0.2) is 37.6 Å². The average molecular weight is 235 g/mol. The smallest absolute Gasteiger partial charge is 0.122 e. The molecule has 1 aromatic rings. The summed E-state index contributed by atoms with van der Waals surface area (Å²) in [6.45, 7) is 2.11. The molecule has 4 nitrogen and oxygen atoms in total. The highest BCUT2D eigenvalue weighted by Gasteiger charge is 2.46. The first-order chi connectivity index (χ1) is 8.26. The van der Waals surface area contributed by atoms with Crippen LogP contribution in [-0.2, 0) is 16.6 Å². The lowest BCUT2D eigenvalue weighted by atomic mass is 9.73. The van der Waals surface area contributed by atoms with Gasteiger partial charge in [-0.2, -0.15) is 0 Å². The normalized spacial score (nSPS) is 22.5. The van der Waals surface area contributed by atoms with Gasteiger partial charge in [0.25, 0.3) is 0 Å². The van der Waals surface area contributed by atoms with Crippen molar-refractivity contribution >= 4 is 0 Å². The predicted octanol–water partition coefficient (Wildman–Crippen LogP) is 0.209. The van der Waals surface area contributed by atoms with Crippen LogP contribution < -0.4 is 10.5 Å². The van der Waals surface area contributed by atoms with E-state index in [1.54, 1.807) is 0 Å². The van der Waals surface area contributed by atoms with Gasteiger partial charge in [-0.15, -0.1) is 0 Å². The first kappa shape index (κ1) is 11.0. The second-order valence-corrected chi connectivity index (χ2v) is 4.82. The van der Waals surface area contributed by atoms with E-state index < -0.39 is 6.10 Å². The van der Waals surface area contributed by atoms with Crippen molar-refractivity contribution in [2.24, 2.45) is 5.73 Å². The van der Waals surface area contributed by atoms with E-state index in [0.717, 1.165) is 24.3 Å². The highest BCUT2D eigenvalue weighted by molar-refractivity contribution is 5.43. The van der Waals surface area contributed by atoms with E-state index in [4.69, 9.17) is 15.2 Å². The van der Waals surface area contributed by atoms with Crippen LogP contribution >= 0.6 is 0 Å². The lowest BCUT2D eigenvalue weighted by Gasteiger charge is -2.45. The largest absolute Gasteiger partial charge is 0.493 e. The first-order valence-electron chi connectivity index (χ1n) is 5.98.